The summed E-state index contributed by atoms with van der Waals surface area (Å²) in [6.45, 7) is 2.43. The number of hydrogen-bond donors (Lipinski definition) is 3. The molecule has 13 heteroatoms. The molecule has 0 aliphatic carbocycles. The van der Waals surface area contributed by atoms with Crippen LogP contribution in [0, 0.1) is 0 Å². The lowest BCUT2D eigenvalue weighted by atomic mass is 9.77. The monoisotopic (exact) mass is 791 g/mol. The highest BCUT2D eigenvalue weighted by atomic mass is 79.9. The number of rotatable bonds is 9. The summed E-state index contributed by atoms with van der Waals surface area (Å²) in [5.74, 6) is 0.193. The lowest BCUT2D eigenvalue weighted by Gasteiger charge is -2.37. The summed E-state index contributed by atoms with van der Waals surface area (Å²) in [7, 11) is 0. The molecule has 2 heterocycles. The molecule has 0 saturated heterocycles. The summed E-state index contributed by atoms with van der Waals surface area (Å²) in [6, 6.07) is 8.43. The minimum atomic E-state index is -1.45. The molecule has 0 radical (unpaired) electrons. The first-order chi connectivity index (χ1) is 18.7. The smallest absolute Gasteiger partial charge is 0.340 e. The maximum absolute atomic E-state index is 13.4. The summed E-state index contributed by atoms with van der Waals surface area (Å²) in [5.41, 5.74) is 5.74. The lowest BCUT2D eigenvalue weighted by molar-refractivity contribution is 0.0222. The van der Waals surface area contributed by atoms with E-state index < -0.39 is 11.6 Å². The molecule has 206 valence electrons. The van der Waals surface area contributed by atoms with Crippen LogP contribution in [0.3, 0.4) is 0 Å². The van der Waals surface area contributed by atoms with Gasteiger partial charge in [0.05, 0.1) is 52.1 Å². The second-order valence-electron chi connectivity index (χ2n) is 8.54. The van der Waals surface area contributed by atoms with E-state index in [0.29, 0.717) is 69.9 Å². The molecule has 9 nitrogen and oxygen atoms in total. The molecule has 1 spiro atoms. The van der Waals surface area contributed by atoms with Crippen LogP contribution in [0.4, 0.5) is 0 Å². The fourth-order valence-corrected chi connectivity index (χ4v) is 6.92. The molecule has 2 aliphatic rings. The van der Waals surface area contributed by atoms with Crippen molar-refractivity contribution in [3.63, 3.8) is 0 Å². The lowest BCUT2D eigenvalue weighted by Crippen LogP contribution is -2.33. The molecule has 0 fully saturated rings. The Morgan fingerprint density at radius 3 is 1.95 bits per heavy atom. The maximum atomic E-state index is 13.4. The number of fused-ring (bicyclic) bond motifs is 6. The Labute approximate surface area is 257 Å². The van der Waals surface area contributed by atoms with Gasteiger partial charge in [0.15, 0.2) is 17.1 Å². The summed E-state index contributed by atoms with van der Waals surface area (Å²) in [6.07, 6.45) is 0. The first-order valence-electron chi connectivity index (χ1n) is 11.7. The van der Waals surface area contributed by atoms with E-state index >= 15 is 0 Å². The van der Waals surface area contributed by atoms with Gasteiger partial charge in [-0.25, -0.2) is 4.79 Å². The molecule has 0 aromatic heterocycles. The summed E-state index contributed by atoms with van der Waals surface area (Å²) < 4.78 is 30.2. The second kappa shape index (κ2) is 11.6. The van der Waals surface area contributed by atoms with Crippen molar-refractivity contribution in [3.8, 4) is 28.7 Å². The zero-order valence-corrected chi connectivity index (χ0v) is 26.4. The molecule has 39 heavy (non-hydrogen) atoms. The molecule has 0 bridgehead atoms. The standard InChI is InChI=1S/C26H21Br4NO8/c27-17-10-15-23(19(29)21(17)32)38-24-16(11-18(28)22(33)20(24)30)26(15)14-2-1-12(9-13(14)25(34)39-26)37-8-7-36-6-5-35-4-3-31/h1-2,9-11,32-33H,3-8,31H2. The number of ether oxygens (including phenoxy) is 5. The highest BCUT2D eigenvalue weighted by Gasteiger charge is 2.55. The fourth-order valence-electron chi connectivity index (χ4n) is 4.51. The van der Waals surface area contributed by atoms with Gasteiger partial charge >= 0.3 is 5.97 Å². The van der Waals surface area contributed by atoms with Gasteiger partial charge < -0.3 is 39.6 Å². The van der Waals surface area contributed by atoms with Gasteiger partial charge in [-0.15, -0.1) is 0 Å². The molecule has 0 unspecified atom stereocenters. The number of halogens is 4. The summed E-state index contributed by atoms with van der Waals surface area (Å²) >= 11 is 13.6. The van der Waals surface area contributed by atoms with Crippen molar-refractivity contribution in [2.24, 2.45) is 5.73 Å². The Balaban J connectivity index is 1.53. The zero-order chi connectivity index (χ0) is 27.9. The van der Waals surface area contributed by atoms with E-state index in [9.17, 15) is 15.0 Å². The van der Waals surface area contributed by atoms with Crippen LogP contribution < -0.4 is 15.2 Å². The van der Waals surface area contributed by atoms with Gasteiger partial charge in [0.1, 0.15) is 32.8 Å². The minimum Gasteiger partial charge on any atom is -0.505 e. The molecule has 5 rings (SSSR count). The van der Waals surface area contributed by atoms with E-state index in [1.165, 1.54) is 0 Å². The van der Waals surface area contributed by atoms with Crippen molar-refractivity contribution in [2.45, 2.75) is 5.60 Å². The number of hydrogen-bond acceptors (Lipinski definition) is 9. The SMILES string of the molecule is NCCOCCOCCOc1ccc2c(c1)C(=O)OC21c2cc(Br)c(O)c(Br)c2Oc2c1cc(Br)c(O)c2Br. The largest absolute Gasteiger partial charge is 0.505 e. The highest BCUT2D eigenvalue weighted by molar-refractivity contribution is 9.11. The van der Waals surface area contributed by atoms with Gasteiger partial charge in [-0.2, -0.15) is 0 Å². The molecule has 3 aromatic carbocycles. The average molecular weight is 795 g/mol. The molecular weight excluding hydrogens is 774 g/mol. The molecule has 4 N–H and O–H groups in total. The van der Waals surface area contributed by atoms with E-state index in [1.807, 2.05) is 0 Å². The van der Waals surface area contributed by atoms with Crippen molar-refractivity contribution < 1.29 is 38.7 Å². The highest BCUT2D eigenvalue weighted by Crippen LogP contribution is 2.62. The third kappa shape index (κ3) is 4.96. The van der Waals surface area contributed by atoms with Gasteiger partial charge in [0.25, 0.3) is 0 Å². The number of phenols is 2. The van der Waals surface area contributed by atoms with Crippen molar-refractivity contribution in [2.75, 3.05) is 39.6 Å². The van der Waals surface area contributed by atoms with Crippen LogP contribution in [-0.2, 0) is 19.8 Å². The van der Waals surface area contributed by atoms with Crippen LogP contribution in [0.15, 0.2) is 48.2 Å². The van der Waals surface area contributed by atoms with Gasteiger partial charge in [-0.05, 0) is 94.1 Å². The van der Waals surface area contributed by atoms with Gasteiger partial charge in [-0.1, -0.05) is 0 Å². The molecule has 3 aromatic rings. The number of benzene rings is 3. The first-order valence-corrected chi connectivity index (χ1v) is 14.8. The van der Waals surface area contributed by atoms with Gasteiger partial charge in [-0.3, -0.25) is 0 Å². The van der Waals surface area contributed by atoms with Crippen LogP contribution in [-0.4, -0.2) is 55.8 Å². The average Bonchev–Trinajstić information content (AvgIpc) is 3.21. The Morgan fingerprint density at radius 1 is 0.795 bits per heavy atom. The van der Waals surface area contributed by atoms with Crippen molar-refractivity contribution in [1.29, 1.82) is 0 Å². The summed E-state index contributed by atoms with van der Waals surface area (Å²) in [5, 5.41) is 21.2. The Morgan fingerprint density at radius 2 is 1.36 bits per heavy atom. The molecular formula is C26H21Br4NO8. The summed E-state index contributed by atoms with van der Waals surface area (Å²) in [4.78, 5) is 13.4. The molecule has 2 aliphatic heterocycles. The van der Waals surface area contributed by atoms with Crippen LogP contribution in [0.1, 0.15) is 27.0 Å². The predicted molar refractivity (Wildman–Crippen MR) is 155 cm³/mol. The Bertz CT molecular complexity index is 1400. The Hall–Kier alpha value is -1.87. The van der Waals surface area contributed by atoms with Crippen LogP contribution in [0.25, 0.3) is 0 Å². The number of esters is 1. The van der Waals surface area contributed by atoms with Crippen LogP contribution in [0.5, 0.6) is 28.7 Å². The predicted octanol–water partition coefficient (Wildman–Crippen LogP) is 6.09. The van der Waals surface area contributed by atoms with E-state index in [1.54, 1.807) is 30.3 Å². The van der Waals surface area contributed by atoms with E-state index in [2.05, 4.69) is 63.7 Å². The van der Waals surface area contributed by atoms with Crippen molar-refractivity contribution in [1.82, 2.24) is 0 Å². The van der Waals surface area contributed by atoms with Gasteiger partial charge in [0.2, 0.25) is 0 Å². The molecule has 0 saturated carbocycles. The Kier molecular flexibility index (Phi) is 8.49. The number of phenolic OH excluding ortho intramolecular Hbond substituents is 2. The number of carbonyl (C=O) groups excluding carboxylic acids is 1. The van der Waals surface area contributed by atoms with E-state index in [-0.39, 0.29) is 38.6 Å². The van der Waals surface area contributed by atoms with Crippen molar-refractivity contribution >= 4 is 69.7 Å². The van der Waals surface area contributed by atoms with Crippen LogP contribution >= 0.6 is 63.7 Å². The van der Waals surface area contributed by atoms with E-state index in [4.69, 9.17) is 29.4 Å². The molecule has 0 amide bonds. The number of aromatic hydroxyl groups is 2. The van der Waals surface area contributed by atoms with E-state index in [0.717, 1.165) is 0 Å². The third-order valence-corrected chi connectivity index (χ3v) is 8.91. The zero-order valence-electron chi connectivity index (χ0n) is 20.1. The van der Waals surface area contributed by atoms with Gasteiger partial charge in [0, 0.05) is 12.1 Å². The number of nitrogens with two attached hydrogens (primary N) is 1. The maximum Gasteiger partial charge on any atom is 0.340 e. The third-order valence-electron chi connectivity index (χ3n) is 6.23. The second-order valence-corrected chi connectivity index (χ2v) is 11.8. The van der Waals surface area contributed by atoms with Crippen molar-refractivity contribution in [3.05, 3.63) is 70.5 Å². The first kappa shape index (κ1) is 28.7. The topological polar surface area (TPSA) is 130 Å². The fraction of sp³-hybridized carbons (Fsp3) is 0.269. The quantitative estimate of drug-likeness (QED) is 0.174. The molecule has 0 atom stereocenters. The van der Waals surface area contributed by atoms with Crippen LogP contribution in [0.2, 0.25) is 0 Å². The number of carbonyl (C=O) groups is 1. The minimum absolute atomic E-state index is 0.0914. The normalized spacial score (nSPS) is 14.4.